The van der Waals surface area contributed by atoms with E-state index in [0.29, 0.717) is 17.1 Å². The minimum absolute atomic E-state index is 0.0545. The predicted molar refractivity (Wildman–Crippen MR) is 96.1 cm³/mol. The number of nitrogens with zero attached hydrogens (tertiary/aromatic N) is 1. The number of para-hydroxylation sites is 1. The van der Waals surface area contributed by atoms with Crippen LogP contribution in [0.25, 0.3) is 0 Å². The van der Waals surface area contributed by atoms with Gasteiger partial charge in [0.15, 0.2) is 0 Å². The van der Waals surface area contributed by atoms with Crippen molar-refractivity contribution in [1.29, 1.82) is 0 Å². The highest BCUT2D eigenvalue weighted by Gasteiger charge is 2.08. The summed E-state index contributed by atoms with van der Waals surface area (Å²) in [5.74, 6) is -0.583. The Hall–Kier alpha value is -2.66. The third-order valence-corrected chi connectivity index (χ3v) is 3.51. The molecule has 0 spiro atoms. The van der Waals surface area contributed by atoms with Crippen LogP contribution in [-0.2, 0) is 16.0 Å². The zero-order valence-corrected chi connectivity index (χ0v) is 13.8. The lowest BCUT2D eigenvalue weighted by atomic mass is 10.2. The first kappa shape index (κ1) is 17.7. The van der Waals surface area contributed by atoms with Gasteiger partial charge in [-0.05, 0) is 17.7 Å². The van der Waals surface area contributed by atoms with Gasteiger partial charge in [-0.25, -0.2) is 5.43 Å². The van der Waals surface area contributed by atoms with E-state index in [1.807, 2.05) is 30.3 Å². The number of nitrogens with one attached hydrogen (secondary N) is 2. The lowest BCUT2D eigenvalue weighted by molar-refractivity contribution is -0.124. The maximum Gasteiger partial charge on any atom is 0.240 e. The van der Waals surface area contributed by atoms with Crippen molar-refractivity contribution >= 4 is 35.3 Å². The summed E-state index contributed by atoms with van der Waals surface area (Å²) in [5, 5.41) is 6.99. The molecule has 0 bridgehead atoms. The summed E-state index contributed by atoms with van der Waals surface area (Å²) in [4.78, 5) is 23.4. The van der Waals surface area contributed by atoms with Gasteiger partial charge in [0.1, 0.15) is 0 Å². The van der Waals surface area contributed by atoms with E-state index in [2.05, 4.69) is 15.8 Å². The molecule has 0 aliphatic heterocycles. The molecule has 2 N–H and O–H groups in total. The lowest BCUT2D eigenvalue weighted by Gasteiger charge is -2.06. The highest BCUT2D eigenvalue weighted by atomic mass is 35.5. The van der Waals surface area contributed by atoms with Crippen molar-refractivity contribution in [1.82, 2.24) is 5.43 Å². The van der Waals surface area contributed by atoms with Gasteiger partial charge in [-0.1, -0.05) is 54.1 Å². The minimum Gasteiger partial charge on any atom is -0.325 e. The maximum absolute atomic E-state index is 11.8. The fourth-order valence-corrected chi connectivity index (χ4v) is 2.12. The first-order chi connectivity index (χ1) is 11.6. The van der Waals surface area contributed by atoms with Gasteiger partial charge in [-0.3, -0.25) is 9.59 Å². The number of anilines is 1. The number of carbonyl (C=O) groups is 2. The zero-order chi connectivity index (χ0) is 17.2. The highest BCUT2D eigenvalue weighted by Crippen LogP contribution is 2.20. The molecule has 0 unspecified atom stereocenters. The van der Waals surface area contributed by atoms with Gasteiger partial charge in [-0.2, -0.15) is 5.10 Å². The monoisotopic (exact) mass is 343 g/mol. The van der Waals surface area contributed by atoms with Gasteiger partial charge < -0.3 is 5.32 Å². The first-order valence-corrected chi connectivity index (χ1v) is 7.91. The van der Waals surface area contributed by atoms with Crippen molar-refractivity contribution in [2.75, 3.05) is 5.32 Å². The standard InChI is InChI=1S/C18H18ClN3O2/c19-15-8-4-5-9-16(15)21-17(23)10-11-18(24)22-20-13-12-14-6-2-1-3-7-14/h1-9,13H,10-12H2,(H,21,23)(H,22,24)/b20-13+. The molecule has 0 heterocycles. The Morgan fingerprint density at radius 3 is 2.38 bits per heavy atom. The molecule has 2 amide bonds. The summed E-state index contributed by atoms with van der Waals surface area (Å²) in [7, 11) is 0. The Morgan fingerprint density at radius 1 is 0.958 bits per heavy atom. The number of carbonyl (C=O) groups excluding carboxylic acids is 2. The molecule has 5 nitrogen and oxygen atoms in total. The van der Waals surface area contributed by atoms with Gasteiger partial charge >= 0.3 is 0 Å². The van der Waals surface area contributed by atoms with Crippen LogP contribution in [0.1, 0.15) is 18.4 Å². The van der Waals surface area contributed by atoms with Crippen LogP contribution in [0.4, 0.5) is 5.69 Å². The number of hydrogen-bond donors (Lipinski definition) is 2. The van der Waals surface area contributed by atoms with Crippen molar-refractivity contribution < 1.29 is 9.59 Å². The van der Waals surface area contributed by atoms with Crippen LogP contribution in [0.5, 0.6) is 0 Å². The second-order valence-corrected chi connectivity index (χ2v) is 5.47. The van der Waals surface area contributed by atoms with Crippen LogP contribution in [0, 0.1) is 0 Å². The molecule has 0 radical (unpaired) electrons. The lowest BCUT2D eigenvalue weighted by Crippen LogP contribution is -2.20. The average Bonchev–Trinajstić information content (AvgIpc) is 2.60. The third kappa shape index (κ3) is 6.22. The largest absolute Gasteiger partial charge is 0.325 e. The Labute approximate surface area is 145 Å². The number of halogens is 1. The average molecular weight is 344 g/mol. The van der Waals surface area contributed by atoms with E-state index in [4.69, 9.17) is 11.6 Å². The molecule has 2 aromatic rings. The Kier molecular flexibility index (Phi) is 6.98. The summed E-state index contributed by atoms with van der Waals surface area (Å²) < 4.78 is 0. The van der Waals surface area contributed by atoms with E-state index in [0.717, 1.165) is 5.56 Å². The van der Waals surface area contributed by atoms with Gasteiger partial charge in [0.25, 0.3) is 0 Å². The molecule has 0 aromatic heterocycles. The second-order valence-electron chi connectivity index (χ2n) is 5.06. The molecule has 0 saturated carbocycles. The highest BCUT2D eigenvalue weighted by molar-refractivity contribution is 6.33. The molecule has 6 heteroatoms. The molecule has 124 valence electrons. The Bertz CT molecular complexity index is 717. The van der Waals surface area contributed by atoms with Crippen molar-refractivity contribution in [3.8, 4) is 0 Å². The van der Waals surface area contributed by atoms with Gasteiger partial charge in [0, 0.05) is 25.5 Å². The minimum atomic E-state index is -0.311. The Morgan fingerprint density at radius 2 is 1.62 bits per heavy atom. The fraction of sp³-hybridized carbons (Fsp3) is 0.167. The van der Waals surface area contributed by atoms with E-state index < -0.39 is 0 Å². The first-order valence-electron chi connectivity index (χ1n) is 7.54. The molecular weight excluding hydrogens is 326 g/mol. The zero-order valence-electron chi connectivity index (χ0n) is 13.0. The van der Waals surface area contributed by atoms with Crippen molar-refractivity contribution in [2.45, 2.75) is 19.3 Å². The smallest absolute Gasteiger partial charge is 0.240 e. The molecule has 0 atom stereocenters. The maximum atomic E-state index is 11.8. The fourth-order valence-electron chi connectivity index (χ4n) is 1.94. The molecule has 0 saturated heterocycles. The number of benzene rings is 2. The van der Waals surface area contributed by atoms with Crippen LogP contribution < -0.4 is 10.7 Å². The van der Waals surface area contributed by atoms with E-state index >= 15 is 0 Å². The van der Waals surface area contributed by atoms with Crippen molar-refractivity contribution in [3.05, 3.63) is 65.2 Å². The van der Waals surface area contributed by atoms with Crippen molar-refractivity contribution in [3.63, 3.8) is 0 Å². The van der Waals surface area contributed by atoms with E-state index in [1.165, 1.54) is 0 Å². The van der Waals surface area contributed by atoms with Crippen LogP contribution in [0.3, 0.4) is 0 Å². The van der Waals surface area contributed by atoms with Crippen LogP contribution >= 0.6 is 11.6 Å². The second kappa shape index (κ2) is 9.47. The van der Waals surface area contributed by atoms with Gasteiger partial charge in [0.2, 0.25) is 11.8 Å². The van der Waals surface area contributed by atoms with E-state index in [-0.39, 0.29) is 24.7 Å². The summed E-state index contributed by atoms with van der Waals surface area (Å²) in [6.45, 7) is 0. The molecule has 24 heavy (non-hydrogen) atoms. The summed E-state index contributed by atoms with van der Waals surface area (Å²) in [5.41, 5.74) is 4.05. The van der Waals surface area contributed by atoms with Crippen LogP contribution in [-0.4, -0.2) is 18.0 Å². The van der Waals surface area contributed by atoms with Crippen molar-refractivity contribution in [2.24, 2.45) is 5.10 Å². The normalized spacial score (nSPS) is 10.5. The third-order valence-electron chi connectivity index (χ3n) is 3.18. The Balaban J connectivity index is 1.67. The number of amides is 2. The summed E-state index contributed by atoms with van der Waals surface area (Å²) >= 11 is 5.95. The molecule has 2 aromatic carbocycles. The molecular formula is C18H18ClN3O2. The molecule has 2 rings (SSSR count). The van der Waals surface area contributed by atoms with Crippen LogP contribution in [0.15, 0.2) is 59.7 Å². The number of rotatable bonds is 7. The van der Waals surface area contributed by atoms with Crippen LogP contribution in [0.2, 0.25) is 5.02 Å². The van der Waals surface area contributed by atoms with E-state index in [9.17, 15) is 9.59 Å². The topological polar surface area (TPSA) is 70.6 Å². The molecule has 0 fully saturated rings. The van der Waals surface area contributed by atoms with Gasteiger partial charge in [-0.15, -0.1) is 0 Å². The quantitative estimate of drug-likeness (QED) is 0.597. The van der Waals surface area contributed by atoms with Gasteiger partial charge in [0.05, 0.1) is 10.7 Å². The SMILES string of the molecule is O=C(CCC(=O)Nc1ccccc1Cl)N/N=C/Cc1ccccc1. The van der Waals surface area contributed by atoms with E-state index in [1.54, 1.807) is 30.5 Å². The number of hydrogen-bond acceptors (Lipinski definition) is 3. The summed E-state index contributed by atoms with van der Waals surface area (Å²) in [6, 6.07) is 16.7. The number of hydrazone groups is 1. The molecule has 0 aliphatic rings. The summed E-state index contributed by atoms with van der Waals surface area (Å²) in [6.07, 6.45) is 2.37. The molecule has 0 aliphatic carbocycles. The predicted octanol–water partition coefficient (Wildman–Crippen LogP) is 3.40.